The summed E-state index contributed by atoms with van der Waals surface area (Å²) in [4.78, 5) is 233. The number of benzene rings is 3. The van der Waals surface area contributed by atoms with Crippen molar-refractivity contribution in [3.8, 4) is 5.75 Å². The number of likely N-dealkylation sites (N-methyl/N-ethyl adjacent to an activating group) is 1. The van der Waals surface area contributed by atoms with E-state index in [1.165, 1.54) is 49.5 Å². The number of carbonyl (C=O) groups excluding carboxylic acids is 17. The van der Waals surface area contributed by atoms with Crippen LogP contribution >= 0.6 is 21.6 Å². The summed E-state index contributed by atoms with van der Waals surface area (Å²) >= 11 is 0. The Kier molecular flexibility index (Phi) is 39.8. The molecule has 712 valence electrons. The maximum atomic E-state index is 15.5. The number of aliphatic hydroxyl groups excluding tert-OH is 1. The zero-order chi connectivity index (χ0) is 97.6. The lowest BCUT2D eigenvalue weighted by Gasteiger charge is -2.63. The van der Waals surface area contributed by atoms with Crippen LogP contribution in [-0.2, 0) is 110 Å². The number of amides is 4. The van der Waals surface area contributed by atoms with E-state index < -0.39 is 135 Å². The fourth-order valence-electron chi connectivity index (χ4n) is 19.2. The second kappa shape index (κ2) is 49.2. The molecule has 15 N–H and O–H groups in total. The normalized spacial score (nSPS) is 22.8. The van der Waals surface area contributed by atoms with Gasteiger partial charge in [-0.15, -0.1) is 0 Å². The maximum Gasteiger partial charge on any atom is 0.426 e. The number of piperidine rings is 1. The number of hydrogen-bond donors (Lipinski definition) is 13. The van der Waals surface area contributed by atoms with Gasteiger partial charge in [0.05, 0.1) is 68.7 Å². The SMILES string of the molecule is CCCCCC(=O)c1ccc(NCc2cnc3nc(N)[nH]c(=O)c3n2)cc1.CC[C@]1(O)C[C@H]2CN(CCc3c([nH]c4ccccc34)[C@@](C(=O)OC)(c3cc4c(cc3OC)N(C)[C@H]3[C@@](O)(C(=O)NNC(=O)OCCSSCCCC(=O)[C@H](CN)NC(=O)[C@H](CC(=O)O)CC(=O)[C@H](C)NC(=O)[C@H](C)CC(C)=O)[C@H](O)[C@]5(CC)C=CCN6CC[C@]43[C@@H]65)C2)C1.O=C=O.O=C=O.O=C=O.O=C=O. The number of methoxy groups -OCH3 is 2. The minimum absolute atomic E-state index is 0.000932. The van der Waals surface area contributed by atoms with Gasteiger partial charge in [-0.2, -0.15) is 43.3 Å². The van der Waals surface area contributed by atoms with Gasteiger partial charge in [0, 0.05) is 145 Å². The van der Waals surface area contributed by atoms with Crippen LogP contribution < -0.4 is 53.5 Å². The number of unbranched alkanes of at least 4 members (excludes halogenated alkanes) is 2. The third-order valence-corrected chi connectivity index (χ3v) is 27.3. The van der Waals surface area contributed by atoms with Crippen LogP contribution in [0.25, 0.3) is 22.1 Å². The number of carboxylic acids is 1. The van der Waals surface area contributed by atoms with Crippen LogP contribution in [0.4, 0.5) is 22.1 Å². The van der Waals surface area contributed by atoms with E-state index in [0.717, 1.165) is 52.5 Å². The monoisotopic (exact) mass is 1870 g/mol. The van der Waals surface area contributed by atoms with E-state index in [-0.39, 0.29) is 97.4 Å². The summed E-state index contributed by atoms with van der Waals surface area (Å²) in [5, 5.41) is 57.3. The molecular weight excluding hydrogens is 1760 g/mol. The molecule has 0 radical (unpaired) electrons. The van der Waals surface area contributed by atoms with E-state index in [9.17, 15) is 63.6 Å². The van der Waals surface area contributed by atoms with Crippen molar-refractivity contribution in [2.75, 3.05) is 94.6 Å². The maximum absolute atomic E-state index is 15.5. The highest BCUT2D eigenvalue weighted by Gasteiger charge is 2.79. The second-order valence-electron chi connectivity index (χ2n) is 33.0. The number of nitrogens with one attached hydrogen (secondary N) is 7. The molecule has 3 aromatic carbocycles. The Morgan fingerprint density at radius 2 is 1.45 bits per heavy atom. The number of aromatic nitrogens is 5. The summed E-state index contributed by atoms with van der Waals surface area (Å²) in [7, 11) is 7.43. The molecule has 1 saturated carbocycles. The number of para-hydroxylation sites is 1. The predicted octanol–water partition coefficient (Wildman–Crippen LogP) is 3.69. The molecule has 1 aliphatic carbocycles. The summed E-state index contributed by atoms with van der Waals surface area (Å²) in [5.41, 5.74) is 15.1. The van der Waals surface area contributed by atoms with E-state index in [1.807, 2.05) is 85.5 Å². The predicted molar refractivity (Wildman–Crippen MR) is 474 cm³/mol. The number of hydrogen-bond acceptors (Lipinski definition) is 36. The summed E-state index contributed by atoms with van der Waals surface area (Å²) in [6.07, 6.45) is 8.97. The van der Waals surface area contributed by atoms with Crippen molar-refractivity contribution in [3.05, 3.63) is 123 Å². The summed E-state index contributed by atoms with van der Waals surface area (Å²) < 4.78 is 17.8. The fraction of sp³-hybridized carbons (Fsp3) is 0.528. The fourth-order valence-corrected chi connectivity index (χ4v) is 21.1. The Labute approximate surface area is 766 Å². The average Bonchev–Trinajstić information content (AvgIpc) is 1.47. The molecule has 41 nitrogen and oxygen atoms in total. The minimum atomic E-state index is -2.61. The first-order valence-electron chi connectivity index (χ1n) is 42.8. The van der Waals surface area contributed by atoms with Crippen LogP contribution in [0.3, 0.4) is 0 Å². The number of hydrazine groups is 1. The largest absolute Gasteiger partial charge is 0.496 e. The van der Waals surface area contributed by atoms with Gasteiger partial charge in [0.1, 0.15) is 29.7 Å². The number of fused-ring (bicyclic) bond motifs is 7. The van der Waals surface area contributed by atoms with Crippen molar-refractivity contribution in [1.29, 1.82) is 0 Å². The van der Waals surface area contributed by atoms with Crippen LogP contribution in [0.2, 0.25) is 0 Å². The number of aromatic amines is 2. The van der Waals surface area contributed by atoms with Gasteiger partial charge in [-0.1, -0.05) is 92.5 Å². The Balaban J connectivity index is 0.000000505. The van der Waals surface area contributed by atoms with Crippen molar-refractivity contribution < 1.29 is 121 Å². The van der Waals surface area contributed by atoms with Gasteiger partial charge in [0.25, 0.3) is 11.5 Å². The lowest BCUT2D eigenvalue weighted by Crippen LogP contribution is -2.82. The van der Waals surface area contributed by atoms with Crippen LogP contribution in [0.15, 0.2) is 83.8 Å². The first-order valence-corrected chi connectivity index (χ1v) is 45.3. The zero-order valence-electron chi connectivity index (χ0n) is 74.7. The average molecular weight is 1870 g/mol. The number of carboxylic acid groups (broad SMARTS) is 1. The molecule has 5 aliphatic heterocycles. The Morgan fingerprint density at radius 3 is 2.09 bits per heavy atom. The number of carbonyl (C=O) groups is 10. The molecule has 4 amide bonds. The highest BCUT2D eigenvalue weighted by atomic mass is 33.1. The zero-order valence-corrected chi connectivity index (χ0v) is 76.4. The van der Waals surface area contributed by atoms with Gasteiger partial charge in [0.15, 0.2) is 34.1 Å². The number of nitrogens with two attached hydrogens (primary N) is 2. The molecular formula is C89H113N15O26S2. The number of aliphatic hydroxyl groups is 3. The van der Waals surface area contributed by atoms with Gasteiger partial charge in [-0.3, -0.25) is 63.4 Å². The molecule has 2 saturated heterocycles. The molecule has 3 aromatic heterocycles. The van der Waals surface area contributed by atoms with Crippen molar-refractivity contribution in [2.45, 2.75) is 197 Å². The number of esters is 1. The van der Waals surface area contributed by atoms with E-state index in [1.54, 1.807) is 20.4 Å². The van der Waals surface area contributed by atoms with Gasteiger partial charge >= 0.3 is 42.6 Å². The number of Topliss-reactive ketones (excluding diaryl/α,β-unsaturated/α-hetero) is 4. The molecule has 6 aliphatic rings. The smallest absolute Gasteiger partial charge is 0.426 e. The third kappa shape index (κ3) is 24.7. The molecule has 1 unspecified atom stereocenters. The van der Waals surface area contributed by atoms with Crippen LogP contribution in [0, 0.1) is 23.2 Å². The summed E-state index contributed by atoms with van der Waals surface area (Å²) in [6, 6.07) is 15.4. The minimum Gasteiger partial charge on any atom is -0.496 e. The van der Waals surface area contributed by atoms with Crippen LogP contribution in [-0.4, -0.2) is 259 Å². The quantitative estimate of drug-likeness (QED) is 0.00674. The van der Waals surface area contributed by atoms with Crippen molar-refractivity contribution >= 4 is 144 Å². The van der Waals surface area contributed by atoms with Gasteiger partial charge in [-0.05, 0) is 125 Å². The number of ketones is 4. The Morgan fingerprint density at radius 1 is 0.773 bits per heavy atom. The van der Waals surface area contributed by atoms with E-state index in [2.05, 4.69) is 74.5 Å². The van der Waals surface area contributed by atoms with Gasteiger partial charge < -0.3 is 76.7 Å². The van der Waals surface area contributed by atoms with Crippen molar-refractivity contribution in [3.63, 3.8) is 0 Å². The van der Waals surface area contributed by atoms with Crippen molar-refractivity contribution in [2.24, 2.45) is 28.9 Å². The summed E-state index contributed by atoms with van der Waals surface area (Å²) in [5.74, 6) is -6.55. The van der Waals surface area contributed by atoms with Crippen molar-refractivity contribution in [1.82, 2.24) is 56.2 Å². The van der Waals surface area contributed by atoms with Crippen LogP contribution in [0.5, 0.6) is 5.75 Å². The molecule has 1 spiro atoms. The number of nitrogen functional groups attached to an aromatic ring is 1. The lowest BCUT2D eigenvalue weighted by atomic mass is 9.47. The highest BCUT2D eigenvalue weighted by Crippen LogP contribution is 2.68. The second-order valence-corrected chi connectivity index (χ2v) is 35.7. The molecule has 3 fully saturated rings. The molecule has 2 bridgehead atoms. The van der Waals surface area contributed by atoms with E-state index >= 15 is 9.59 Å². The Bertz CT molecular complexity index is 5320. The highest BCUT2D eigenvalue weighted by molar-refractivity contribution is 8.76. The molecule has 6 aromatic rings. The Hall–Kier alpha value is -12.4. The third-order valence-electron chi connectivity index (χ3n) is 24.9. The van der Waals surface area contributed by atoms with E-state index in [0.29, 0.717) is 118 Å². The number of ether oxygens (including phenoxy) is 3. The first kappa shape index (κ1) is 107. The molecule has 12 rings (SSSR count). The first-order chi connectivity index (χ1) is 62.9. The summed E-state index contributed by atoms with van der Waals surface area (Å²) in [6.45, 7) is 13.1. The molecule has 132 heavy (non-hydrogen) atoms. The topological polar surface area (TPSA) is 625 Å². The molecule has 8 heterocycles. The van der Waals surface area contributed by atoms with Gasteiger partial charge in [-0.25, -0.2) is 20.2 Å². The molecule has 43 heteroatoms. The number of aliphatic carboxylic acids is 1. The van der Waals surface area contributed by atoms with Crippen LogP contribution in [0.1, 0.15) is 170 Å². The van der Waals surface area contributed by atoms with E-state index in [4.69, 9.17) is 64.0 Å². The standard InChI is InChI=1S/C66H91N9O16S2.C19H22N6O2.4CO2/c1-9-62(87)32-40-33-65(60(85)90-8,53-43(18-22-74(35-40)36-62)42-15-11-12-16-46(42)69-53)45-30-44-48(31-51(45)89-7)73(6)57-64(44)20-23-75-21-14-19-63(10-2,56(64)75)58(83)66(57,88)59(84)71-72-61(86)91-24-26-93-92-25-13-17-49(77)47(34-67)70-55(82)41(29-52(79)80)28-50(78)39(5)68-54(81)37(3)27-38(4)76;1-2-3-4-5-15(26)12-6-8-13(9-7-12)21-10-14-11-22-17-16(23-14)18(27)25-19(20)24-17;4*2-1-3/h11-12,14-16,19,30-31,37,39-41,47,56-58,69,83,87-88H,9-10,13,17-18,20-29,32-36,67H2,1-8H3,(H,68,81)(H,70,82)(H,71,84)(H,72,86)(H,79,80);6-9,11,21H,2-5,10H2,1H3,(H3,20,22,24,25,27);;;;/t37-,39+,40-,41+,47+,56+,57-,58-,62+,63-,64-,65+,66+;;;;;/m1...../s1. The number of anilines is 3. The molecule has 14 atom stereocenters. The number of H-pyrrole nitrogens is 2. The number of rotatable bonds is 35. The van der Waals surface area contributed by atoms with Gasteiger partial charge in [0.2, 0.25) is 17.8 Å². The number of nitrogens with zero attached hydrogens (tertiary/aromatic N) is 6. The lowest BCUT2D eigenvalue weighted by molar-refractivity contribution is -0.204.